The van der Waals surface area contributed by atoms with Gasteiger partial charge in [0.15, 0.2) is 0 Å². The summed E-state index contributed by atoms with van der Waals surface area (Å²) >= 11 is 0. The minimum Gasteiger partial charge on any atom is -0.324 e. The Bertz CT molecular complexity index is 570. The minimum absolute atomic E-state index is 0.106. The highest BCUT2D eigenvalue weighted by atomic mass is 16.1. The number of aromatic nitrogens is 2. The zero-order chi connectivity index (χ0) is 13.1. The largest absolute Gasteiger partial charge is 0.324 e. The van der Waals surface area contributed by atoms with Crippen LogP contribution in [0.5, 0.6) is 0 Å². The molecule has 3 rings (SSSR count). The van der Waals surface area contributed by atoms with Gasteiger partial charge in [0.25, 0.3) is 0 Å². The van der Waals surface area contributed by atoms with Crippen LogP contribution in [0.4, 0.5) is 5.69 Å². The summed E-state index contributed by atoms with van der Waals surface area (Å²) in [6.07, 6.45) is 8.66. The number of rotatable bonds is 4. The van der Waals surface area contributed by atoms with Gasteiger partial charge in [-0.05, 0) is 18.4 Å². The number of carbonyl (C=O) groups excluding carboxylic acids is 1. The van der Waals surface area contributed by atoms with E-state index in [0.717, 1.165) is 28.9 Å². The molecule has 4 nitrogen and oxygen atoms in total. The number of nitrogens with one attached hydrogen (secondary N) is 2. The van der Waals surface area contributed by atoms with E-state index in [2.05, 4.69) is 15.5 Å². The Kier molecular flexibility index (Phi) is 3.49. The Morgan fingerprint density at radius 1 is 1.37 bits per heavy atom. The summed E-state index contributed by atoms with van der Waals surface area (Å²) < 4.78 is 0. The maximum atomic E-state index is 12.0. The number of hydrogen-bond donors (Lipinski definition) is 2. The highest BCUT2D eigenvalue weighted by molar-refractivity contribution is 6.00. The molecule has 0 aliphatic heterocycles. The van der Waals surface area contributed by atoms with Crippen LogP contribution in [0.3, 0.4) is 0 Å². The number of H-pyrrole nitrogens is 1. The second-order valence-electron chi connectivity index (χ2n) is 5.38. The van der Waals surface area contributed by atoms with Gasteiger partial charge in [-0.25, -0.2) is 0 Å². The predicted octanol–water partition coefficient (Wildman–Crippen LogP) is 3.47. The summed E-state index contributed by atoms with van der Waals surface area (Å²) in [5.41, 5.74) is 1.73. The van der Waals surface area contributed by atoms with Gasteiger partial charge in [-0.15, -0.1) is 0 Å². The van der Waals surface area contributed by atoms with E-state index in [1.807, 2.05) is 18.2 Å². The van der Waals surface area contributed by atoms with Gasteiger partial charge in [-0.1, -0.05) is 37.8 Å². The SMILES string of the molecule is O=C(CCC1CCCC1)Nc1cccc2cn[nH]c12. The fourth-order valence-corrected chi connectivity index (χ4v) is 2.92. The molecule has 2 aromatic rings. The van der Waals surface area contributed by atoms with Gasteiger partial charge in [0.1, 0.15) is 0 Å². The third kappa shape index (κ3) is 2.78. The Morgan fingerprint density at radius 3 is 3.05 bits per heavy atom. The van der Waals surface area contributed by atoms with Crippen LogP contribution < -0.4 is 5.32 Å². The summed E-state index contributed by atoms with van der Waals surface area (Å²) in [5, 5.41) is 10.9. The maximum Gasteiger partial charge on any atom is 0.224 e. The Labute approximate surface area is 112 Å². The van der Waals surface area contributed by atoms with Crippen LogP contribution in [-0.2, 0) is 4.79 Å². The van der Waals surface area contributed by atoms with E-state index < -0.39 is 0 Å². The van der Waals surface area contributed by atoms with Crippen molar-refractivity contribution in [1.82, 2.24) is 10.2 Å². The molecule has 0 atom stereocenters. The lowest BCUT2D eigenvalue weighted by molar-refractivity contribution is -0.116. The molecule has 1 aromatic carbocycles. The summed E-state index contributed by atoms with van der Waals surface area (Å²) in [7, 11) is 0. The second-order valence-corrected chi connectivity index (χ2v) is 5.38. The molecule has 1 amide bonds. The van der Waals surface area contributed by atoms with Gasteiger partial charge in [-0.3, -0.25) is 9.89 Å². The highest BCUT2D eigenvalue weighted by Gasteiger charge is 2.16. The molecule has 1 aliphatic carbocycles. The van der Waals surface area contributed by atoms with E-state index in [1.54, 1.807) is 6.20 Å². The Hall–Kier alpha value is -1.84. The zero-order valence-electron chi connectivity index (χ0n) is 11.0. The van der Waals surface area contributed by atoms with Crippen molar-refractivity contribution in [3.05, 3.63) is 24.4 Å². The molecule has 19 heavy (non-hydrogen) atoms. The smallest absolute Gasteiger partial charge is 0.224 e. The molecule has 1 aromatic heterocycles. The van der Waals surface area contributed by atoms with Crippen LogP contribution in [0.15, 0.2) is 24.4 Å². The molecule has 100 valence electrons. The summed E-state index contributed by atoms with van der Waals surface area (Å²) in [6.45, 7) is 0. The van der Waals surface area contributed by atoms with Gasteiger partial charge < -0.3 is 5.32 Å². The first-order chi connectivity index (χ1) is 9.33. The fraction of sp³-hybridized carbons (Fsp3) is 0.467. The monoisotopic (exact) mass is 257 g/mol. The Morgan fingerprint density at radius 2 is 2.21 bits per heavy atom. The lowest BCUT2D eigenvalue weighted by Crippen LogP contribution is -2.13. The molecule has 0 bridgehead atoms. The molecule has 0 radical (unpaired) electrons. The van der Waals surface area contributed by atoms with Crippen molar-refractivity contribution >= 4 is 22.5 Å². The predicted molar refractivity (Wildman–Crippen MR) is 75.9 cm³/mol. The van der Waals surface area contributed by atoms with Gasteiger partial charge in [0.05, 0.1) is 17.4 Å². The van der Waals surface area contributed by atoms with Gasteiger partial charge in [0.2, 0.25) is 5.91 Å². The number of anilines is 1. The van der Waals surface area contributed by atoms with Crippen LogP contribution in [0.25, 0.3) is 10.9 Å². The number of amides is 1. The number of benzene rings is 1. The van der Waals surface area contributed by atoms with Gasteiger partial charge in [-0.2, -0.15) is 5.10 Å². The molecule has 2 N–H and O–H groups in total. The second kappa shape index (κ2) is 5.43. The summed E-state index contributed by atoms with van der Waals surface area (Å²) in [4.78, 5) is 12.0. The highest BCUT2D eigenvalue weighted by Crippen LogP contribution is 2.28. The third-order valence-corrected chi connectivity index (χ3v) is 4.01. The standard InChI is InChI=1S/C15H19N3O/c19-14(9-8-11-4-1-2-5-11)17-13-7-3-6-12-10-16-18-15(12)13/h3,6-7,10-11H,1-2,4-5,8-9H2,(H,16,18)(H,17,19). The first-order valence-electron chi connectivity index (χ1n) is 7.05. The average molecular weight is 257 g/mol. The van der Waals surface area contributed by atoms with Crippen LogP contribution in [0, 0.1) is 5.92 Å². The average Bonchev–Trinajstić information content (AvgIpc) is 3.08. The van der Waals surface area contributed by atoms with Crippen molar-refractivity contribution in [3.8, 4) is 0 Å². The molecule has 1 saturated carbocycles. The lowest BCUT2D eigenvalue weighted by atomic mass is 10.0. The zero-order valence-corrected chi connectivity index (χ0v) is 11.0. The van der Waals surface area contributed by atoms with E-state index in [1.165, 1.54) is 25.7 Å². The number of para-hydroxylation sites is 1. The van der Waals surface area contributed by atoms with Crippen molar-refractivity contribution in [2.24, 2.45) is 5.92 Å². The first kappa shape index (κ1) is 12.2. The number of hydrogen-bond acceptors (Lipinski definition) is 2. The fourth-order valence-electron chi connectivity index (χ4n) is 2.92. The molecule has 0 unspecified atom stereocenters. The molecule has 1 aliphatic rings. The van der Waals surface area contributed by atoms with E-state index in [0.29, 0.717) is 6.42 Å². The quantitative estimate of drug-likeness (QED) is 0.881. The van der Waals surface area contributed by atoms with Crippen LogP contribution in [0.2, 0.25) is 0 Å². The van der Waals surface area contributed by atoms with E-state index in [-0.39, 0.29) is 5.91 Å². The Balaban J connectivity index is 1.60. The van der Waals surface area contributed by atoms with Crippen molar-refractivity contribution in [3.63, 3.8) is 0 Å². The van der Waals surface area contributed by atoms with Gasteiger partial charge in [0, 0.05) is 11.8 Å². The number of carbonyl (C=O) groups is 1. The van der Waals surface area contributed by atoms with Crippen molar-refractivity contribution in [2.75, 3.05) is 5.32 Å². The molecule has 4 heteroatoms. The molecule has 0 spiro atoms. The maximum absolute atomic E-state index is 12.0. The van der Waals surface area contributed by atoms with E-state index in [9.17, 15) is 4.79 Å². The summed E-state index contributed by atoms with van der Waals surface area (Å²) in [6, 6.07) is 5.82. The van der Waals surface area contributed by atoms with Crippen molar-refractivity contribution in [2.45, 2.75) is 38.5 Å². The minimum atomic E-state index is 0.106. The third-order valence-electron chi connectivity index (χ3n) is 4.01. The molecule has 0 saturated heterocycles. The van der Waals surface area contributed by atoms with Crippen LogP contribution >= 0.6 is 0 Å². The number of fused-ring (bicyclic) bond motifs is 1. The van der Waals surface area contributed by atoms with Crippen LogP contribution in [-0.4, -0.2) is 16.1 Å². The first-order valence-corrected chi connectivity index (χ1v) is 7.05. The van der Waals surface area contributed by atoms with Crippen molar-refractivity contribution < 1.29 is 4.79 Å². The lowest BCUT2D eigenvalue weighted by Gasteiger charge is -2.09. The summed E-state index contributed by atoms with van der Waals surface area (Å²) in [5.74, 6) is 0.864. The topological polar surface area (TPSA) is 57.8 Å². The number of aromatic amines is 1. The number of nitrogens with zero attached hydrogens (tertiary/aromatic N) is 1. The molecule has 1 fully saturated rings. The van der Waals surface area contributed by atoms with Gasteiger partial charge >= 0.3 is 0 Å². The normalized spacial score (nSPS) is 16.0. The molecular weight excluding hydrogens is 238 g/mol. The molecular formula is C15H19N3O. The van der Waals surface area contributed by atoms with E-state index >= 15 is 0 Å². The van der Waals surface area contributed by atoms with Crippen molar-refractivity contribution in [1.29, 1.82) is 0 Å². The molecule has 1 heterocycles. The van der Waals surface area contributed by atoms with E-state index in [4.69, 9.17) is 0 Å². The van der Waals surface area contributed by atoms with Crippen LogP contribution in [0.1, 0.15) is 38.5 Å².